The molecule has 0 bridgehead atoms. The molecule has 2 N–H and O–H groups in total. The summed E-state index contributed by atoms with van der Waals surface area (Å²) in [4.78, 5) is 12.4. The highest BCUT2D eigenvalue weighted by atomic mass is 16.2. The van der Waals surface area contributed by atoms with E-state index in [2.05, 4.69) is 41.8 Å². The van der Waals surface area contributed by atoms with Crippen LogP contribution in [-0.2, 0) is 17.8 Å². The Bertz CT molecular complexity index is 478. The Balaban J connectivity index is 1.56. The van der Waals surface area contributed by atoms with Gasteiger partial charge in [-0.3, -0.25) is 4.79 Å². The van der Waals surface area contributed by atoms with Crippen LogP contribution in [0.4, 0.5) is 0 Å². The number of hydrogen-bond donors (Lipinski definition) is 2. The van der Waals surface area contributed by atoms with Crippen LogP contribution in [0.25, 0.3) is 0 Å². The smallest absolute Gasteiger partial charge is 0.237 e. The van der Waals surface area contributed by atoms with Gasteiger partial charge in [-0.25, -0.2) is 0 Å². The molecule has 1 aliphatic carbocycles. The van der Waals surface area contributed by atoms with E-state index >= 15 is 0 Å². The van der Waals surface area contributed by atoms with Crippen molar-refractivity contribution in [3.63, 3.8) is 0 Å². The van der Waals surface area contributed by atoms with Crippen LogP contribution in [0.3, 0.4) is 0 Å². The minimum Gasteiger partial charge on any atom is -0.352 e. The molecule has 1 heterocycles. The van der Waals surface area contributed by atoms with Crippen molar-refractivity contribution in [1.29, 1.82) is 0 Å². The Morgan fingerprint density at radius 2 is 1.85 bits per heavy atom. The van der Waals surface area contributed by atoms with Crippen LogP contribution in [0, 0.1) is 5.92 Å². The summed E-state index contributed by atoms with van der Waals surface area (Å²) in [5.74, 6) is 1.00. The van der Waals surface area contributed by atoms with Crippen molar-refractivity contribution < 1.29 is 4.79 Å². The monoisotopic (exact) mass is 272 g/mol. The van der Waals surface area contributed by atoms with Gasteiger partial charge in [-0.2, -0.15) is 0 Å². The van der Waals surface area contributed by atoms with Crippen LogP contribution in [-0.4, -0.2) is 18.0 Å². The van der Waals surface area contributed by atoms with Crippen LogP contribution in [0.1, 0.15) is 43.7 Å². The van der Waals surface area contributed by atoms with Gasteiger partial charge in [-0.15, -0.1) is 0 Å². The fourth-order valence-electron chi connectivity index (χ4n) is 3.35. The van der Waals surface area contributed by atoms with Gasteiger partial charge in [-0.1, -0.05) is 31.2 Å². The lowest BCUT2D eigenvalue weighted by Crippen LogP contribution is -2.51. The highest BCUT2D eigenvalue weighted by molar-refractivity contribution is 5.82. The molecule has 3 heteroatoms. The first kappa shape index (κ1) is 13.6. The van der Waals surface area contributed by atoms with E-state index in [0.29, 0.717) is 6.04 Å². The second kappa shape index (κ2) is 5.96. The fraction of sp³-hybridized carbons (Fsp3) is 0.588. The number of nitrogens with one attached hydrogen (secondary N) is 2. The first-order chi connectivity index (χ1) is 9.72. The Kier molecular flexibility index (Phi) is 4.06. The summed E-state index contributed by atoms with van der Waals surface area (Å²) in [5.41, 5.74) is 2.63. The SMILES string of the molecule is CC1CCC(NC(=O)[C@H]2Cc3ccccc3CN2)CC1. The Morgan fingerprint density at radius 1 is 1.15 bits per heavy atom. The van der Waals surface area contributed by atoms with Gasteiger partial charge in [0.05, 0.1) is 6.04 Å². The van der Waals surface area contributed by atoms with Crippen LogP contribution >= 0.6 is 0 Å². The summed E-state index contributed by atoms with van der Waals surface area (Å²) in [6.07, 6.45) is 5.56. The van der Waals surface area contributed by atoms with Gasteiger partial charge in [0.25, 0.3) is 0 Å². The third kappa shape index (κ3) is 3.04. The summed E-state index contributed by atoms with van der Waals surface area (Å²) >= 11 is 0. The van der Waals surface area contributed by atoms with Crippen LogP contribution in [0.5, 0.6) is 0 Å². The van der Waals surface area contributed by atoms with Crippen LogP contribution in [0.15, 0.2) is 24.3 Å². The molecule has 0 radical (unpaired) electrons. The maximum Gasteiger partial charge on any atom is 0.237 e. The standard InChI is InChI=1S/C17H24N2O/c1-12-6-8-15(9-7-12)19-17(20)16-10-13-4-2-3-5-14(13)11-18-16/h2-5,12,15-16,18H,6-11H2,1H3,(H,19,20)/t12?,15?,16-/m1/s1. The second-order valence-corrected chi connectivity index (χ2v) is 6.37. The second-order valence-electron chi connectivity index (χ2n) is 6.37. The molecule has 0 spiro atoms. The zero-order valence-electron chi connectivity index (χ0n) is 12.2. The van der Waals surface area contributed by atoms with Crippen molar-refractivity contribution in [3.05, 3.63) is 35.4 Å². The van der Waals surface area contributed by atoms with Crippen molar-refractivity contribution in [2.75, 3.05) is 0 Å². The van der Waals surface area contributed by atoms with Crippen LogP contribution in [0.2, 0.25) is 0 Å². The molecule has 1 aromatic carbocycles. The first-order valence-corrected chi connectivity index (χ1v) is 7.83. The zero-order valence-corrected chi connectivity index (χ0v) is 12.2. The van der Waals surface area contributed by atoms with E-state index in [9.17, 15) is 4.79 Å². The average molecular weight is 272 g/mol. The zero-order chi connectivity index (χ0) is 13.9. The lowest BCUT2D eigenvalue weighted by molar-refractivity contribution is -0.124. The Labute approximate surface area is 121 Å². The van der Waals surface area contributed by atoms with Crippen molar-refractivity contribution in [1.82, 2.24) is 10.6 Å². The number of rotatable bonds is 2. The van der Waals surface area contributed by atoms with Gasteiger partial charge < -0.3 is 10.6 Å². The molecule has 3 nitrogen and oxygen atoms in total. The molecule has 3 rings (SSSR count). The highest BCUT2D eigenvalue weighted by Crippen LogP contribution is 2.24. The molecule has 108 valence electrons. The maximum absolute atomic E-state index is 12.4. The van der Waals surface area contributed by atoms with E-state index in [1.165, 1.54) is 24.0 Å². The molecular weight excluding hydrogens is 248 g/mol. The van der Waals surface area contributed by atoms with E-state index < -0.39 is 0 Å². The predicted octanol–water partition coefficient (Wildman–Crippen LogP) is 2.40. The number of amides is 1. The third-order valence-corrected chi connectivity index (χ3v) is 4.76. The predicted molar refractivity (Wildman–Crippen MR) is 80.3 cm³/mol. The van der Waals surface area contributed by atoms with Gasteiger partial charge in [0.1, 0.15) is 0 Å². The Morgan fingerprint density at radius 3 is 2.60 bits per heavy atom. The maximum atomic E-state index is 12.4. The van der Waals surface area contributed by atoms with E-state index in [4.69, 9.17) is 0 Å². The first-order valence-electron chi connectivity index (χ1n) is 7.83. The topological polar surface area (TPSA) is 41.1 Å². The molecule has 0 unspecified atom stereocenters. The summed E-state index contributed by atoms with van der Waals surface area (Å²) < 4.78 is 0. The van der Waals surface area contributed by atoms with Crippen LogP contribution < -0.4 is 10.6 Å². The van der Waals surface area contributed by atoms with Crippen molar-refractivity contribution >= 4 is 5.91 Å². The van der Waals surface area contributed by atoms with E-state index in [1.54, 1.807) is 0 Å². The molecule has 1 atom stereocenters. The van der Waals surface area contributed by atoms with Crippen molar-refractivity contribution in [3.8, 4) is 0 Å². The number of carbonyl (C=O) groups excluding carboxylic acids is 1. The number of benzene rings is 1. The van der Waals surface area contributed by atoms with Gasteiger partial charge in [0.15, 0.2) is 0 Å². The lowest BCUT2D eigenvalue weighted by Gasteiger charge is -2.30. The normalized spacial score (nSPS) is 29.6. The van der Waals surface area contributed by atoms with Crippen molar-refractivity contribution in [2.45, 2.75) is 57.7 Å². The van der Waals surface area contributed by atoms with E-state index in [-0.39, 0.29) is 11.9 Å². The summed E-state index contributed by atoms with van der Waals surface area (Å²) in [5, 5.41) is 6.60. The molecular formula is C17H24N2O. The minimum absolute atomic E-state index is 0.0655. The summed E-state index contributed by atoms with van der Waals surface area (Å²) in [7, 11) is 0. The molecule has 20 heavy (non-hydrogen) atoms. The molecule has 1 fully saturated rings. The molecule has 1 saturated carbocycles. The average Bonchev–Trinajstić information content (AvgIpc) is 2.49. The van der Waals surface area contributed by atoms with Gasteiger partial charge in [-0.05, 0) is 49.1 Å². The number of carbonyl (C=O) groups is 1. The molecule has 0 saturated heterocycles. The lowest BCUT2D eigenvalue weighted by atomic mass is 9.87. The minimum atomic E-state index is -0.0655. The van der Waals surface area contributed by atoms with Crippen molar-refractivity contribution in [2.24, 2.45) is 5.92 Å². The summed E-state index contributed by atoms with van der Waals surface area (Å²) in [6.45, 7) is 3.10. The van der Waals surface area contributed by atoms with E-state index in [0.717, 1.165) is 31.7 Å². The quantitative estimate of drug-likeness (QED) is 0.868. The molecule has 2 aliphatic rings. The Hall–Kier alpha value is -1.35. The van der Waals surface area contributed by atoms with Gasteiger partial charge in [0, 0.05) is 12.6 Å². The van der Waals surface area contributed by atoms with Gasteiger partial charge in [0.2, 0.25) is 5.91 Å². The van der Waals surface area contributed by atoms with E-state index in [1.807, 2.05) is 0 Å². The largest absolute Gasteiger partial charge is 0.352 e. The number of fused-ring (bicyclic) bond motifs is 1. The number of hydrogen-bond acceptors (Lipinski definition) is 2. The molecule has 1 amide bonds. The molecule has 1 aliphatic heterocycles. The third-order valence-electron chi connectivity index (χ3n) is 4.76. The molecule has 1 aromatic rings. The molecule has 0 aromatic heterocycles. The highest BCUT2D eigenvalue weighted by Gasteiger charge is 2.26. The fourth-order valence-corrected chi connectivity index (χ4v) is 3.35. The van der Waals surface area contributed by atoms with Gasteiger partial charge >= 0.3 is 0 Å². The summed E-state index contributed by atoms with van der Waals surface area (Å²) in [6, 6.07) is 8.71.